The lowest BCUT2D eigenvalue weighted by Crippen LogP contribution is -2.42. The molecule has 8 nitrogen and oxygen atoms in total. The van der Waals surface area contributed by atoms with Crippen molar-refractivity contribution in [1.82, 2.24) is 10.2 Å². The quantitative estimate of drug-likeness (QED) is 0.564. The number of benzene rings is 2. The molecular formula is C21H19Br2N3O5. The number of anilines is 1. The van der Waals surface area contributed by atoms with Crippen molar-refractivity contribution >= 4 is 55.4 Å². The molecular weight excluding hydrogens is 534 g/mol. The Hall–Kier alpha value is -2.59. The summed E-state index contributed by atoms with van der Waals surface area (Å²) in [4.78, 5) is 39.2. The highest BCUT2D eigenvalue weighted by Crippen LogP contribution is 2.37. The van der Waals surface area contributed by atoms with E-state index in [1.165, 1.54) is 0 Å². The second-order valence-electron chi connectivity index (χ2n) is 7.46. The van der Waals surface area contributed by atoms with E-state index >= 15 is 0 Å². The maximum atomic E-state index is 13.1. The van der Waals surface area contributed by atoms with E-state index in [0.717, 1.165) is 10.5 Å². The molecule has 0 saturated carbocycles. The number of nitrogens with zero attached hydrogens (tertiary/aromatic N) is 1. The molecule has 0 aliphatic carbocycles. The molecule has 4 rings (SSSR count). The number of amides is 4. The van der Waals surface area contributed by atoms with Crippen molar-refractivity contribution in [3.63, 3.8) is 0 Å². The van der Waals surface area contributed by atoms with Crippen molar-refractivity contribution in [2.24, 2.45) is 0 Å². The van der Waals surface area contributed by atoms with Gasteiger partial charge in [0.25, 0.3) is 5.91 Å². The summed E-state index contributed by atoms with van der Waals surface area (Å²) >= 11 is 6.83. The molecule has 1 fully saturated rings. The fourth-order valence-electron chi connectivity index (χ4n) is 3.53. The summed E-state index contributed by atoms with van der Waals surface area (Å²) in [5.74, 6) is 0.0738. The number of rotatable bonds is 4. The molecule has 0 aromatic heterocycles. The molecule has 1 atom stereocenters. The van der Waals surface area contributed by atoms with Crippen LogP contribution in [0.1, 0.15) is 18.1 Å². The van der Waals surface area contributed by atoms with Crippen LogP contribution in [0.3, 0.4) is 0 Å². The van der Waals surface area contributed by atoms with Crippen LogP contribution in [0.4, 0.5) is 10.5 Å². The third-order valence-electron chi connectivity index (χ3n) is 5.15. The molecule has 2 aromatic rings. The lowest BCUT2D eigenvalue weighted by molar-refractivity contribution is -0.133. The molecule has 0 unspecified atom stereocenters. The van der Waals surface area contributed by atoms with Crippen molar-refractivity contribution in [2.75, 3.05) is 25.1 Å². The van der Waals surface area contributed by atoms with Gasteiger partial charge in [0.05, 0.1) is 5.69 Å². The van der Waals surface area contributed by atoms with Crippen molar-refractivity contribution in [1.29, 1.82) is 0 Å². The Morgan fingerprint density at radius 3 is 2.45 bits per heavy atom. The van der Waals surface area contributed by atoms with Crippen LogP contribution in [0.5, 0.6) is 11.5 Å². The SMILES string of the molecule is Cc1cc(Br)c(NC(=O)CN2C(=O)N[C@@](C)(c3ccc4c(c3)OCCO4)C2=O)c(Br)c1. The first-order valence-corrected chi connectivity index (χ1v) is 11.1. The Morgan fingerprint density at radius 2 is 1.77 bits per heavy atom. The number of imide groups is 1. The summed E-state index contributed by atoms with van der Waals surface area (Å²) in [6.07, 6.45) is 0. The van der Waals surface area contributed by atoms with Crippen LogP contribution in [0.2, 0.25) is 0 Å². The third kappa shape index (κ3) is 4.01. The summed E-state index contributed by atoms with van der Waals surface area (Å²) in [5, 5.41) is 5.43. The van der Waals surface area contributed by atoms with Gasteiger partial charge in [-0.25, -0.2) is 4.79 Å². The number of carbonyl (C=O) groups excluding carboxylic acids is 3. The summed E-state index contributed by atoms with van der Waals surface area (Å²) in [7, 11) is 0. The van der Waals surface area contributed by atoms with Crippen molar-refractivity contribution in [2.45, 2.75) is 19.4 Å². The van der Waals surface area contributed by atoms with Gasteiger partial charge in [-0.15, -0.1) is 0 Å². The van der Waals surface area contributed by atoms with Crippen molar-refractivity contribution in [3.8, 4) is 11.5 Å². The molecule has 1 saturated heterocycles. The minimum absolute atomic E-state index is 0.407. The van der Waals surface area contributed by atoms with Gasteiger partial charge in [-0.2, -0.15) is 0 Å². The van der Waals surface area contributed by atoms with Crippen molar-refractivity contribution < 1.29 is 23.9 Å². The Kier molecular flexibility index (Phi) is 5.69. The number of fused-ring (bicyclic) bond motifs is 1. The first-order valence-electron chi connectivity index (χ1n) is 9.49. The maximum absolute atomic E-state index is 13.1. The largest absolute Gasteiger partial charge is 0.486 e. The van der Waals surface area contributed by atoms with Crippen LogP contribution in [0, 0.1) is 6.92 Å². The second kappa shape index (κ2) is 8.16. The van der Waals surface area contributed by atoms with E-state index in [1.54, 1.807) is 25.1 Å². The number of halogens is 2. The van der Waals surface area contributed by atoms with E-state index in [4.69, 9.17) is 9.47 Å². The van der Waals surface area contributed by atoms with Crippen LogP contribution >= 0.6 is 31.9 Å². The average molecular weight is 553 g/mol. The zero-order chi connectivity index (χ0) is 22.3. The zero-order valence-corrected chi connectivity index (χ0v) is 19.9. The maximum Gasteiger partial charge on any atom is 0.325 e. The van der Waals surface area contributed by atoms with Gasteiger partial charge in [-0.05, 0) is 81.1 Å². The Bertz CT molecular complexity index is 1080. The first-order chi connectivity index (χ1) is 14.7. The van der Waals surface area contributed by atoms with E-state index in [2.05, 4.69) is 42.5 Å². The molecule has 2 aromatic carbocycles. The molecule has 10 heteroatoms. The van der Waals surface area contributed by atoms with Gasteiger partial charge < -0.3 is 20.1 Å². The summed E-state index contributed by atoms with van der Waals surface area (Å²) < 4.78 is 12.5. The Labute approximate surface area is 195 Å². The second-order valence-corrected chi connectivity index (χ2v) is 9.17. The Balaban J connectivity index is 1.53. The van der Waals surface area contributed by atoms with Gasteiger partial charge in [0, 0.05) is 8.95 Å². The molecule has 31 heavy (non-hydrogen) atoms. The topological polar surface area (TPSA) is 97.0 Å². The molecule has 0 radical (unpaired) electrons. The predicted molar refractivity (Wildman–Crippen MR) is 120 cm³/mol. The number of urea groups is 1. The number of ether oxygens (including phenoxy) is 2. The molecule has 2 aliphatic rings. The lowest BCUT2D eigenvalue weighted by atomic mass is 9.91. The molecule has 4 amide bonds. The average Bonchev–Trinajstić information content (AvgIpc) is 2.94. The van der Waals surface area contributed by atoms with Gasteiger partial charge in [0.1, 0.15) is 25.3 Å². The summed E-state index contributed by atoms with van der Waals surface area (Å²) in [5.41, 5.74) is 0.749. The number of carbonyl (C=O) groups is 3. The fourth-order valence-corrected chi connectivity index (χ4v) is 5.15. The van der Waals surface area contributed by atoms with Crippen LogP contribution in [-0.4, -0.2) is 42.5 Å². The summed E-state index contributed by atoms with van der Waals surface area (Å²) in [6, 6.07) is 8.16. The number of aryl methyl sites for hydroxylation is 1. The minimum atomic E-state index is -1.32. The standard InChI is InChI=1S/C21H19Br2N3O5/c1-11-7-13(22)18(14(23)8-11)24-17(27)10-26-19(28)21(2,25-20(26)29)12-3-4-15-16(9-12)31-6-5-30-15/h3-4,7-9H,5-6,10H2,1-2H3,(H,24,27)(H,25,29)/t21-/m0/s1. The normalized spacial score (nSPS) is 19.9. The van der Waals surface area contributed by atoms with Crippen LogP contribution in [-0.2, 0) is 15.1 Å². The number of hydrogen-bond acceptors (Lipinski definition) is 5. The molecule has 0 bridgehead atoms. The predicted octanol–water partition coefficient (Wildman–Crippen LogP) is 3.70. The molecule has 162 valence electrons. The van der Waals surface area contributed by atoms with Gasteiger partial charge in [-0.3, -0.25) is 14.5 Å². The van der Waals surface area contributed by atoms with E-state index < -0.39 is 29.9 Å². The fraction of sp³-hybridized carbons (Fsp3) is 0.286. The minimum Gasteiger partial charge on any atom is -0.486 e. The third-order valence-corrected chi connectivity index (χ3v) is 6.40. The number of hydrogen-bond donors (Lipinski definition) is 2. The Morgan fingerprint density at radius 1 is 1.13 bits per heavy atom. The van der Waals surface area contributed by atoms with Crippen LogP contribution < -0.4 is 20.1 Å². The van der Waals surface area contributed by atoms with E-state index in [-0.39, 0.29) is 0 Å². The molecule has 2 aliphatic heterocycles. The van der Waals surface area contributed by atoms with Crippen LogP contribution in [0.25, 0.3) is 0 Å². The van der Waals surface area contributed by atoms with Gasteiger partial charge in [0.15, 0.2) is 11.5 Å². The van der Waals surface area contributed by atoms with Gasteiger partial charge in [-0.1, -0.05) is 6.07 Å². The zero-order valence-electron chi connectivity index (χ0n) is 16.8. The monoisotopic (exact) mass is 551 g/mol. The van der Waals surface area contributed by atoms with E-state index in [9.17, 15) is 14.4 Å². The first kappa shape index (κ1) is 21.6. The highest BCUT2D eigenvalue weighted by Gasteiger charge is 2.49. The lowest BCUT2D eigenvalue weighted by Gasteiger charge is -2.25. The molecule has 0 spiro atoms. The van der Waals surface area contributed by atoms with E-state index in [0.29, 0.717) is 44.9 Å². The molecule has 2 heterocycles. The van der Waals surface area contributed by atoms with E-state index in [1.807, 2.05) is 19.1 Å². The van der Waals surface area contributed by atoms with Crippen LogP contribution in [0.15, 0.2) is 39.3 Å². The van der Waals surface area contributed by atoms with Crippen molar-refractivity contribution in [3.05, 3.63) is 50.4 Å². The smallest absolute Gasteiger partial charge is 0.325 e. The highest BCUT2D eigenvalue weighted by atomic mass is 79.9. The van der Waals surface area contributed by atoms with Gasteiger partial charge >= 0.3 is 6.03 Å². The number of nitrogens with one attached hydrogen (secondary N) is 2. The molecule has 2 N–H and O–H groups in total. The summed E-state index contributed by atoms with van der Waals surface area (Å²) in [6.45, 7) is 3.97. The highest BCUT2D eigenvalue weighted by molar-refractivity contribution is 9.11. The van der Waals surface area contributed by atoms with Gasteiger partial charge in [0.2, 0.25) is 5.91 Å².